The molecule has 0 unspecified atom stereocenters. The normalized spacial score (nSPS) is 19.1. The number of aromatic nitrogens is 4. The molecule has 5 rings (SSSR count). The van der Waals surface area contributed by atoms with Crippen LogP contribution in [-0.2, 0) is 13.6 Å². The first-order chi connectivity index (χ1) is 12.1. The van der Waals surface area contributed by atoms with E-state index in [-0.39, 0.29) is 5.69 Å². The molecule has 25 heavy (non-hydrogen) atoms. The molecule has 0 atom stereocenters. The summed E-state index contributed by atoms with van der Waals surface area (Å²) in [7, 11) is 1.91. The van der Waals surface area contributed by atoms with Crippen molar-refractivity contribution in [1.82, 2.24) is 29.5 Å². The third-order valence-electron chi connectivity index (χ3n) is 5.36. The molecule has 2 aromatic heterocycles. The Morgan fingerprint density at radius 1 is 1.28 bits per heavy atom. The lowest BCUT2D eigenvalue weighted by molar-refractivity contribution is -0.0444. The highest BCUT2D eigenvalue weighted by Crippen LogP contribution is 2.35. The van der Waals surface area contributed by atoms with Crippen LogP contribution in [0.2, 0.25) is 0 Å². The van der Waals surface area contributed by atoms with Gasteiger partial charge in [-0.1, -0.05) is 6.07 Å². The van der Waals surface area contributed by atoms with Crippen molar-refractivity contribution in [3.63, 3.8) is 0 Å². The molecule has 7 nitrogen and oxygen atoms in total. The lowest BCUT2D eigenvalue weighted by atomic mass is 9.74. The highest BCUT2D eigenvalue weighted by atomic mass is 16.1. The first-order valence-corrected chi connectivity index (χ1v) is 8.56. The number of rotatable bonds is 3. The van der Waals surface area contributed by atoms with E-state index in [1.165, 1.54) is 29.4 Å². The molecule has 0 saturated carbocycles. The number of fused-ring (bicyclic) bond motifs is 1. The molecule has 2 aliphatic rings. The second-order valence-electron chi connectivity index (χ2n) is 7.32. The quantitative estimate of drug-likeness (QED) is 0.755. The van der Waals surface area contributed by atoms with Gasteiger partial charge in [0.1, 0.15) is 0 Å². The van der Waals surface area contributed by atoms with E-state index in [4.69, 9.17) is 0 Å². The summed E-state index contributed by atoms with van der Waals surface area (Å²) in [6.07, 6.45) is 3.21. The van der Waals surface area contributed by atoms with Gasteiger partial charge in [0.25, 0.3) is 0 Å². The summed E-state index contributed by atoms with van der Waals surface area (Å²) in [5.74, 6) is 0.630. The third-order valence-corrected chi connectivity index (χ3v) is 5.36. The van der Waals surface area contributed by atoms with Crippen molar-refractivity contribution in [1.29, 1.82) is 0 Å². The average Bonchev–Trinajstić information content (AvgIpc) is 2.86. The fraction of sp³-hybridized carbons (Fsp3) is 0.389. The van der Waals surface area contributed by atoms with Gasteiger partial charge in [0.05, 0.1) is 5.52 Å². The van der Waals surface area contributed by atoms with E-state index in [2.05, 4.69) is 38.5 Å². The molecule has 0 radical (unpaired) electrons. The summed E-state index contributed by atoms with van der Waals surface area (Å²) in [6, 6.07) is 8.12. The standard InChI is InChI=1S/C18H20N6O/c1-22-15-7-13(8-23-11-18(12-23)9-19-10-18)3-4-14(15)16(21-22)24-6-2-5-20-17(24)25/h2-7,19H,8-12H2,1H3. The summed E-state index contributed by atoms with van der Waals surface area (Å²) < 4.78 is 3.33. The second kappa shape index (κ2) is 5.24. The van der Waals surface area contributed by atoms with Crippen LogP contribution in [0.1, 0.15) is 5.56 Å². The lowest BCUT2D eigenvalue weighted by Gasteiger charge is -2.56. The Balaban J connectivity index is 1.46. The van der Waals surface area contributed by atoms with Crippen molar-refractivity contribution < 1.29 is 0 Å². The molecule has 0 bridgehead atoms. The maximum absolute atomic E-state index is 12.0. The molecule has 7 heteroatoms. The van der Waals surface area contributed by atoms with E-state index in [0.29, 0.717) is 11.2 Å². The van der Waals surface area contributed by atoms with Crippen LogP contribution < -0.4 is 11.0 Å². The molecule has 1 aromatic carbocycles. The van der Waals surface area contributed by atoms with Crippen LogP contribution in [0.5, 0.6) is 0 Å². The lowest BCUT2D eigenvalue weighted by Crippen LogP contribution is -2.70. The molecule has 2 aliphatic heterocycles. The van der Waals surface area contributed by atoms with E-state index in [0.717, 1.165) is 30.5 Å². The Kier molecular flexibility index (Phi) is 3.10. The topological polar surface area (TPSA) is 68.0 Å². The van der Waals surface area contributed by atoms with Crippen LogP contribution in [0.4, 0.5) is 0 Å². The zero-order valence-electron chi connectivity index (χ0n) is 14.1. The molecule has 128 valence electrons. The molecule has 4 heterocycles. The Hall–Kier alpha value is -2.51. The minimum Gasteiger partial charge on any atom is -0.315 e. The fourth-order valence-corrected chi connectivity index (χ4v) is 4.05. The van der Waals surface area contributed by atoms with Crippen molar-refractivity contribution >= 4 is 10.9 Å². The van der Waals surface area contributed by atoms with Crippen molar-refractivity contribution in [2.24, 2.45) is 12.5 Å². The van der Waals surface area contributed by atoms with E-state index >= 15 is 0 Å². The predicted octanol–water partition coefficient (Wildman–Crippen LogP) is 0.524. The summed E-state index contributed by atoms with van der Waals surface area (Å²) in [5, 5.41) is 8.87. The number of nitrogens with zero attached hydrogens (tertiary/aromatic N) is 5. The molecule has 2 fully saturated rings. The number of benzene rings is 1. The molecular weight excluding hydrogens is 316 g/mol. The maximum atomic E-state index is 12.0. The highest BCUT2D eigenvalue weighted by molar-refractivity contribution is 5.87. The summed E-state index contributed by atoms with van der Waals surface area (Å²) in [6.45, 7) is 5.64. The van der Waals surface area contributed by atoms with Gasteiger partial charge in [0.15, 0.2) is 5.82 Å². The van der Waals surface area contributed by atoms with Gasteiger partial charge < -0.3 is 5.32 Å². The van der Waals surface area contributed by atoms with Crippen molar-refractivity contribution in [3.05, 3.63) is 52.7 Å². The summed E-state index contributed by atoms with van der Waals surface area (Å²) in [5.41, 5.74) is 2.55. The van der Waals surface area contributed by atoms with E-state index in [1.807, 2.05) is 11.7 Å². The molecule has 1 N–H and O–H groups in total. The molecule has 3 aromatic rings. The zero-order valence-corrected chi connectivity index (χ0v) is 14.1. The minimum atomic E-state index is -0.313. The molecule has 0 aliphatic carbocycles. The van der Waals surface area contributed by atoms with Crippen LogP contribution in [-0.4, -0.2) is 50.4 Å². The van der Waals surface area contributed by atoms with Crippen molar-refractivity contribution in [3.8, 4) is 5.82 Å². The Morgan fingerprint density at radius 2 is 2.12 bits per heavy atom. The van der Waals surface area contributed by atoms with E-state index in [9.17, 15) is 4.79 Å². The summed E-state index contributed by atoms with van der Waals surface area (Å²) >= 11 is 0. The van der Waals surface area contributed by atoms with Crippen LogP contribution in [0.15, 0.2) is 41.5 Å². The molecule has 1 spiro atoms. The highest BCUT2D eigenvalue weighted by Gasteiger charge is 2.47. The van der Waals surface area contributed by atoms with Gasteiger partial charge in [-0.25, -0.2) is 14.3 Å². The largest absolute Gasteiger partial charge is 0.353 e. The van der Waals surface area contributed by atoms with E-state index < -0.39 is 0 Å². The van der Waals surface area contributed by atoms with Gasteiger partial charge in [0, 0.05) is 63.0 Å². The van der Waals surface area contributed by atoms with Crippen molar-refractivity contribution in [2.75, 3.05) is 26.2 Å². The number of hydrogen-bond acceptors (Lipinski definition) is 5. The van der Waals surface area contributed by atoms with Crippen LogP contribution in [0, 0.1) is 5.41 Å². The van der Waals surface area contributed by atoms with Gasteiger partial charge >= 0.3 is 5.69 Å². The molecule has 0 amide bonds. The van der Waals surface area contributed by atoms with Crippen LogP contribution >= 0.6 is 0 Å². The predicted molar refractivity (Wildman–Crippen MR) is 94.7 cm³/mol. The minimum absolute atomic E-state index is 0.313. The summed E-state index contributed by atoms with van der Waals surface area (Å²) in [4.78, 5) is 18.3. The van der Waals surface area contributed by atoms with Gasteiger partial charge in [-0.3, -0.25) is 9.58 Å². The second-order valence-corrected chi connectivity index (χ2v) is 7.32. The number of nitrogens with one attached hydrogen (secondary N) is 1. The number of aryl methyl sites for hydroxylation is 1. The third kappa shape index (κ3) is 2.31. The number of likely N-dealkylation sites (tertiary alicyclic amines) is 1. The van der Waals surface area contributed by atoms with E-state index in [1.54, 1.807) is 12.3 Å². The smallest absolute Gasteiger partial charge is 0.315 e. The van der Waals surface area contributed by atoms with Crippen LogP contribution in [0.25, 0.3) is 16.7 Å². The van der Waals surface area contributed by atoms with Gasteiger partial charge in [-0.05, 0) is 23.8 Å². The Labute approximate surface area is 144 Å². The Bertz CT molecular complexity index is 1010. The molecular formula is C18H20N6O. The van der Waals surface area contributed by atoms with Gasteiger partial charge in [-0.15, -0.1) is 0 Å². The SMILES string of the molecule is Cn1nc(-n2cccnc2=O)c2ccc(CN3CC4(CNC4)C3)cc21. The number of hydrogen-bond donors (Lipinski definition) is 1. The molecule has 2 saturated heterocycles. The Morgan fingerprint density at radius 3 is 2.84 bits per heavy atom. The first-order valence-electron chi connectivity index (χ1n) is 8.56. The van der Waals surface area contributed by atoms with Gasteiger partial charge in [-0.2, -0.15) is 5.10 Å². The van der Waals surface area contributed by atoms with Crippen LogP contribution in [0.3, 0.4) is 0 Å². The average molecular weight is 336 g/mol. The van der Waals surface area contributed by atoms with Gasteiger partial charge in [0.2, 0.25) is 0 Å². The fourth-order valence-electron chi connectivity index (χ4n) is 4.05. The first kappa shape index (κ1) is 14.8. The maximum Gasteiger partial charge on any atom is 0.353 e. The zero-order chi connectivity index (χ0) is 17.0. The van der Waals surface area contributed by atoms with Crippen molar-refractivity contribution in [2.45, 2.75) is 6.54 Å². The monoisotopic (exact) mass is 336 g/mol.